The highest BCUT2D eigenvalue weighted by molar-refractivity contribution is 7.99. The molecule has 21 heavy (non-hydrogen) atoms. The average molecular weight is 319 g/mol. The van der Waals surface area contributed by atoms with Gasteiger partial charge in [0.25, 0.3) is 0 Å². The summed E-state index contributed by atoms with van der Waals surface area (Å²) in [6, 6.07) is 8.80. The first kappa shape index (κ1) is 14.3. The number of nitrogens with zero attached hydrogens (tertiary/aromatic N) is 2. The summed E-state index contributed by atoms with van der Waals surface area (Å²) in [4.78, 5) is 11.7. The number of aryl methyl sites for hydroxylation is 1. The molecule has 2 heterocycles. The zero-order valence-electron chi connectivity index (χ0n) is 11.7. The third-order valence-electron chi connectivity index (χ3n) is 2.86. The van der Waals surface area contributed by atoms with Crippen LogP contribution in [0.25, 0.3) is 10.2 Å². The van der Waals surface area contributed by atoms with Crippen molar-refractivity contribution in [3.8, 4) is 0 Å². The molecule has 0 aliphatic carbocycles. The van der Waals surface area contributed by atoms with Crippen LogP contribution in [-0.2, 0) is 0 Å². The van der Waals surface area contributed by atoms with E-state index in [1.54, 1.807) is 23.5 Å². The number of rotatable bonds is 4. The van der Waals surface area contributed by atoms with E-state index in [1.165, 1.54) is 22.7 Å². The lowest BCUT2D eigenvalue weighted by Crippen LogP contribution is -2.02. The van der Waals surface area contributed by atoms with Gasteiger partial charge in [-0.05, 0) is 32.0 Å². The molecule has 0 fully saturated rings. The fraction of sp³-hybridized carbons (Fsp3) is 0.200. The quantitative estimate of drug-likeness (QED) is 0.706. The van der Waals surface area contributed by atoms with Crippen molar-refractivity contribution in [1.29, 1.82) is 0 Å². The monoisotopic (exact) mass is 319 g/mol. The van der Waals surface area contributed by atoms with Crippen LogP contribution in [0.1, 0.15) is 11.8 Å². The zero-order valence-corrected chi connectivity index (χ0v) is 13.3. The molecule has 3 nitrogen and oxygen atoms in total. The van der Waals surface area contributed by atoms with Gasteiger partial charge in [0.05, 0.1) is 0 Å². The molecule has 0 saturated heterocycles. The molecule has 0 atom stereocenters. The fourth-order valence-electron chi connectivity index (χ4n) is 1.96. The molecule has 0 unspecified atom stereocenters. The minimum atomic E-state index is -0.230. The van der Waals surface area contributed by atoms with Gasteiger partial charge < -0.3 is 5.32 Å². The van der Waals surface area contributed by atoms with Crippen LogP contribution < -0.4 is 5.32 Å². The van der Waals surface area contributed by atoms with Gasteiger partial charge in [0, 0.05) is 21.7 Å². The third-order valence-corrected chi connectivity index (χ3v) is 4.86. The van der Waals surface area contributed by atoms with Gasteiger partial charge >= 0.3 is 0 Å². The van der Waals surface area contributed by atoms with E-state index >= 15 is 0 Å². The Kier molecular flexibility index (Phi) is 4.07. The van der Waals surface area contributed by atoms with Crippen LogP contribution >= 0.6 is 23.1 Å². The minimum absolute atomic E-state index is 0.230. The average Bonchev–Trinajstić information content (AvgIpc) is 2.82. The molecule has 3 rings (SSSR count). The summed E-state index contributed by atoms with van der Waals surface area (Å²) in [6.07, 6.45) is 0. The van der Waals surface area contributed by atoms with E-state index in [-0.39, 0.29) is 5.82 Å². The van der Waals surface area contributed by atoms with Crippen LogP contribution in [-0.4, -0.2) is 16.5 Å². The molecule has 2 aromatic heterocycles. The number of fused-ring (bicyclic) bond motifs is 1. The van der Waals surface area contributed by atoms with E-state index in [9.17, 15) is 4.39 Å². The standard InChI is InChI=1S/C15H14FN3S2/c1-3-17-15-18-13-10(8-9(2)20-13)14(19-15)21-12-7-5-4-6-11(12)16/h4-8H,3H2,1-2H3,(H,17,18,19). The van der Waals surface area contributed by atoms with Crippen molar-refractivity contribution in [2.24, 2.45) is 0 Å². The van der Waals surface area contributed by atoms with Crippen molar-refractivity contribution in [3.63, 3.8) is 0 Å². The van der Waals surface area contributed by atoms with Gasteiger partial charge in [0.15, 0.2) is 0 Å². The second-order valence-corrected chi connectivity index (χ2v) is 6.76. The van der Waals surface area contributed by atoms with Crippen LogP contribution in [0.5, 0.6) is 0 Å². The lowest BCUT2D eigenvalue weighted by atomic mass is 10.3. The fourth-order valence-corrected chi connectivity index (χ4v) is 3.82. The van der Waals surface area contributed by atoms with Crippen LogP contribution in [0.15, 0.2) is 40.3 Å². The molecule has 108 valence electrons. The van der Waals surface area contributed by atoms with Crippen molar-refractivity contribution in [2.45, 2.75) is 23.8 Å². The second-order valence-electron chi connectivity index (χ2n) is 4.49. The maximum Gasteiger partial charge on any atom is 0.225 e. The number of thiophene rings is 1. The highest BCUT2D eigenvalue weighted by Gasteiger charge is 2.13. The summed E-state index contributed by atoms with van der Waals surface area (Å²) < 4.78 is 13.9. The van der Waals surface area contributed by atoms with Gasteiger partial charge in [0.1, 0.15) is 15.7 Å². The number of halogens is 1. The number of hydrogen-bond donors (Lipinski definition) is 1. The van der Waals surface area contributed by atoms with Gasteiger partial charge in [-0.2, -0.15) is 0 Å². The first-order chi connectivity index (χ1) is 10.2. The SMILES string of the molecule is CCNc1nc(Sc2ccccc2F)c2cc(C)sc2n1. The predicted molar refractivity (Wildman–Crippen MR) is 86.8 cm³/mol. The van der Waals surface area contributed by atoms with E-state index in [0.717, 1.165) is 21.8 Å². The second kappa shape index (κ2) is 5.99. The molecule has 0 radical (unpaired) electrons. The number of nitrogens with one attached hydrogen (secondary N) is 1. The van der Waals surface area contributed by atoms with Crippen molar-refractivity contribution in [2.75, 3.05) is 11.9 Å². The minimum Gasteiger partial charge on any atom is -0.354 e. The Bertz CT molecular complexity index is 786. The number of hydrogen-bond acceptors (Lipinski definition) is 5. The summed E-state index contributed by atoms with van der Waals surface area (Å²) in [5.74, 6) is 0.358. The smallest absolute Gasteiger partial charge is 0.225 e. The molecule has 0 aliphatic heterocycles. The van der Waals surface area contributed by atoms with Crippen molar-refractivity contribution >= 4 is 39.3 Å². The molecule has 0 bridgehead atoms. The maximum absolute atomic E-state index is 13.9. The topological polar surface area (TPSA) is 37.8 Å². The summed E-state index contributed by atoms with van der Waals surface area (Å²) in [7, 11) is 0. The van der Waals surface area contributed by atoms with Crippen LogP contribution in [0, 0.1) is 12.7 Å². The molecule has 0 aliphatic rings. The lowest BCUT2D eigenvalue weighted by molar-refractivity contribution is 0.602. The Hall–Kier alpha value is -1.66. The van der Waals surface area contributed by atoms with Gasteiger partial charge in [0.2, 0.25) is 5.95 Å². The maximum atomic E-state index is 13.9. The van der Waals surface area contributed by atoms with Crippen LogP contribution in [0.2, 0.25) is 0 Å². The van der Waals surface area contributed by atoms with Crippen LogP contribution in [0.3, 0.4) is 0 Å². The molecule has 0 saturated carbocycles. The van der Waals surface area contributed by atoms with E-state index < -0.39 is 0 Å². The number of aromatic nitrogens is 2. The Labute approximate surface area is 130 Å². The molecule has 1 aromatic carbocycles. The normalized spacial score (nSPS) is 11.0. The first-order valence-corrected chi connectivity index (χ1v) is 8.25. The largest absolute Gasteiger partial charge is 0.354 e. The Morgan fingerprint density at radius 3 is 2.86 bits per heavy atom. The highest BCUT2D eigenvalue weighted by atomic mass is 32.2. The summed E-state index contributed by atoms with van der Waals surface area (Å²) in [6.45, 7) is 4.79. The van der Waals surface area contributed by atoms with Crippen molar-refractivity contribution in [1.82, 2.24) is 9.97 Å². The Balaban J connectivity index is 2.09. The van der Waals surface area contributed by atoms with Crippen LogP contribution in [0.4, 0.5) is 10.3 Å². The Morgan fingerprint density at radius 2 is 2.10 bits per heavy atom. The van der Waals surface area contributed by atoms with Crippen molar-refractivity contribution in [3.05, 3.63) is 41.0 Å². The number of anilines is 1. The molecular formula is C15H14FN3S2. The molecule has 0 spiro atoms. The third kappa shape index (κ3) is 3.01. The molecule has 3 aromatic rings. The molecule has 6 heteroatoms. The summed E-state index contributed by atoms with van der Waals surface area (Å²) in [5, 5.41) is 4.89. The Morgan fingerprint density at radius 1 is 1.29 bits per heavy atom. The zero-order chi connectivity index (χ0) is 14.8. The number of benzene rings is 1. The van der Waals surface area contributed by atoms with Gasteiger partial charge in [-0.15, -0.1) is 11.3 Å². The van der Waals surface area contributed by atoms with Crippen molar-refractivity contribution < 1.29 is 4.39 Å². The van der Waals surface area contributed by atoms with Gasteiger partial charge in [-0.3, -0.25) is 0 Å². The van der Waals surface area contributed by atoms with Gasteiger partial charge in [-0.1, -0.05) is 23.9 Å². The van der Waals surface area contributed by atoms with E-state index in [2.05, 4.69) is 21.4 Å². The molecular weight excluding hydrogens is 305 g/mol. The predicted octanol–water partition coefficient (Wildman–Crippen LogP) is 4.72. The van der Waals surface area contributed by atoms with Gasteiger partial charge in [-0.25, -0.2) is 14.4 Å². The van der Waals surface area contributed by atoms with E-state index in [0.29, 0.717) is 10.8 Å². The molecule has 0 amide bonds. The summed E-state index contributed by atoms with van der Waals surface area (Å²) in [5.41, 5.74) is 0. The van der Waals surface area contributed by atoms with E-state index in [1.807, 2.05) is 19.9 Å². The summed E-state index contributed by atoms with van der Waals surface area (Å²) >= 11 is 2.96. The lowest BCUT2D eigenvalue weighted by Gasteiger charge is -2.07. The highest BCUT2D eigenvalue weighted by Crippen LogP contribution is 2.36. The first-order valence-electron chi connectivity index (χ1n) is 6.62. The van der Waals surface area contributed by atoms with E-state index in [4.69, 9.17) is 0 Å². The molecule has 1 N–H and O–H groups in total.